The van der Waals surface area contributed by atoms with Gasteiger partial charge in [-0.05, 0) is 61.7 Å². The molecule has 0 bridgehead atoms. The second-order valence-electron chi connectivity index (χ2n) is 7.91. The van der Waals surface area contributed by atoms with Crippen LogP contribution in [0, 0.1) is 13.8 Å². The molecule has 2 heterocycles. The number of aromatic nitrogens is 1. The standard InChI is InChI=1S/C25H28N2O5S/c1-17-5-7-21(11-18(17)2)30-14-24-26-20(15-33-24)13-27(9-4-10-29-3)25(28)19-6-8-22-23(12-19)32-16-31-22/h5-8,11-12,15H,4,9-10,13-14,16H2,1-3H3. The number of thiazole rings is 1. The number of methoxy groups -OCH3 is 1. The lowest BCUT2D eigenvalue weighted by molar-refractivity contribution is 0.0721. The van der Waals surface area contributed by atoms with Crippen LogP contribution in [0.4, 0.5) is 0 Å². The van der Waals surface area contributed by atoms with Crippen molar-refractivity contribution >= 4 is 17.2 Å². The summed E-state index contributed by atoms with van der Waals surface area (Å²) in [5.74, 6) is 2.00. The molecular weight excluding hydrogens is 440 g/mol. The molecule has 2 aromatic carbocycles. The Balaban J connectivity index is 1.42. The summed E-state index contributed by atoms with van der Waals surface area (Å²) in [6.07, 6.45) is 0.736. The Kier molecular flexibility index (Phi) is 7.47. The number of hydrogen-bond donors (Lipinski definition) is 0. The first-order chi connectivity index (χ1) is 16.0. The van der Waals surface area contributed by atoms with Gasteiger partial charge in [-0.15, -0.1) is 11.3 Å². The molecule has 0 atom stereocenters. The van der Waals surface area contributed by atoms with Crippen LogP contribution in [0.25, 0.3) is 0 Å². The van der Waals surface area contributed by atoms with Crippen molar-refractivity contribution in [2.45, 2.75) is 33.4 Å². The van der Waals surface area contributed by atoms with Gasteiger partial charge in [-0.2, -0.15) is 0 Å². The molecule has 33 heavy (non-hydrogen) atoms. The zero-order chi connectivity index (χ0) is 23.2. The van der Waals surface area contributed by atoms with Gasteiger partial charge in [-0.3, -0.25) is 4.79 Å². The lowest BCUT2D eigenvalue weighted by atomic mass is 10.1. The molecule has 0 fully saturated rings. The van der Waals surface area contributed by atoms with Gasteiger partial charge in [0.25, 0.3) is 5.91 Å². The first-order valence-corrected chi connectivity index (χ1v) is 11.7. The van der Waals surface area contributed by atoms with E-state index in [0.717, 1.165) is 22.9 Å². The Bertz CT molecular complexity index is 1110. The molecule has 0 unspecified atom stereocenters. The summed E-state index contributed by atoms with van der Waals surface area (Å²) in [6, 6.07) is 11.3. The van der Waals surface area contributed by atoms with Crippen LogP contribution in [-0.2, 0) is 17.9 Å². The van der Waals surface area contributed by atoms with E-state index in [-0.39, 0.29) is 12.7 Å². The van der Waals surface area contributed by atoms with E-state index in [2.05, 4.69) is 19.9 Å². The maximum atomic E-state index is 13.3. The van der Waals surface area contributed by atoms with Crippen LogP contribution < -0.4 is 14.2 Å². The van der Waals surface area contributed by atoms with Gasteiger partial charge in [0, 0.05) is 31.2 Å². The largest absolute Gasteiger partial charge is 0.486 e. The summed E-state index contributed by atoms with van der Waals surface area (Å²) in [5.41, 5.74) is 3.83. The van der Waals surface area contributed by atoms with Crippen molar-refractivity contribution in [3.05, 3.63) is 69.2 Å². The van der Waals surface area contributed by atoms with Crippen LogP contribution in [0.5, 0.6) is 17.2 Å². The Labute approximate surface area is 197 Å². The van der Waals surface area contributed by atoms with Gasteiger partial charge in [0.05, 0.1) is 12.2 Å². The number of amides is 1. The molecule has 174 valence electrons. The number of nitrogens with zero attached hydrogens (tertiary/aromatic N) is 2. The van der Waals surface area contributed by atoms with Crippen molar-refractivity contribution in [2.24, 2.45) is 0 Å². The topological polar surface area (TPSA) is 70.1 Å². The van der Waals surface area contributed by atoms with Crippen molar-refractivity contribution < 1.29 is 23.7 Å². The molecule has 3 aromatic rings. The fraction of sp³-hybridized carbons (Fsp3) is 0.360. The van der Waals surface area contributed by atoms with E-state index in [1.807, 2.05) is 17.5 Å². The highest BCUT2D eigenvalue weighted by Crippen LogP contribution is 2.33. The Hall–Kier alpha value is -3.10. The number of hydrogen-bond acceptors (Lipinski definition) is 7. The molecule has 0 aliphatic carbocycles. The highest BCUT2D eigenvalue weighted by molar-refractivity contribution is 7.09. The van der Waals surface area contributed by atoms with Crippen molar-refractivity contribution in [2.75, 3.05) is 27.1 Å². The molecular formula is C25H28N2O5S. The van der Waals surface area contributed by atoms with Crippen molar-refractivity contribution in [3.8, 4) is 17.2 Å². The van der Waals surface area contributed by atoms with Gasteiger partial charge in [0.15, 0.2) is 11.5 Å². The summed E-state index contributed by atoms with van der Waals surface area (Å²) in [6.45, 7) is 6.28. The molecule has 8 heteroatoms. The van der Waals surface area contributed by atoms with Crippen LogP contribution in [0.1, 0.15) is 38.6 Å². The molecule has 7 nitrogen and oxygen atoms in total. The zero-order valence-corrected chi connectivity index (χ0v) is 19.9. The monoisotopic (exact) mass is 468 g/mol. The van der Waals surface area contributed by atoms with Crippen LogP contribution in [-0.4, -0.2) is 42.8 Å². The van der Waals surface area contributed by atoms with Gasteiger partial charge in [-0.25, -0.2) is 4.98 Å². The highest BCUT2D eigenvalue weighted by Gasteiger charge is 2.21. The predicted octanol–water partition coefficient (Wildman–Crippen LogP) is 4.75. The molecule has 1 aromatic heterocycles. The van der Waals surface area contributed by atoms with Gasteiger partial charge in [0.2, 0.25) is 6.79 Å². The molecule has 0 radical (unpaired) electrons. The van der Waals surface area contributed by atoms with Gasteiger partial charge in [-0.1, -0.05) is 6.07 Å². The number of carbonyl (C=O) groups excluding carboxylic acids is 1. The quantitative estimate of drug-likeness (QED) is 0.400. The molecule has 0 saturated heterocycles. The number of benzene rings is 2. The SMILES string of the molecule is COCCCN(Cc1csc(COc2ccc(C)c(C)c2)n1)C(=O)c1ccc2c(c1)OCO2. The van der Waals surface area contributed by atoms with E-state index < -0.39 is 0 Å². The number of fused-ring (bicyclic) bond motifs is 1. The lowest BCUT2D eigenvalue weighted by Crippen LogP contribution is -2.32. The summed E-state index contributed by atoms with van der Waals surface area (Å²) >= 11 is 1.53. The fourth-order valence-electron chi connectivity index (χ4n) is 3.50. The highest BCUT2D eigenvalue weighted by atomic mass is 32.1. The first kappa shape index (κ1) is 23.1. The number of carbonyl (C=O) groups is 1. The molecule has 1 aliphatic rings. The van der Waals surface area contributed by atoms with E-state index in [4.69, 9.17) is 23.9 Å². The fourth-order valence-corrected chi connectivity index (χ4v) is 4.19. The molecule has 1 aliphatic heterocycles. The zero-order valence-electron chi connectivity index (χ0n) is 19.1. The van der Waals surface area contributed by atoms with Crippen molar-refractivity contribution in [1.29, 1.82) is 0 Å². The molecule has 0 spiro atoms. The van der Waals surface area contributed by atoms with Crippen LogP contribution >= 0.6 is 11.3 Å². The minimum Gasteiger partial charge on any atom is -0.486 e. The first-order valence-electron chi connectivity index (χ1n) is 10.8. The molecule has 4 rings (SSSR count). The van der Waals surface area contributed by atoms with E-state index in [9.17, 15) is 4.79 Å². The third kappa shape index (κ3) is 5.83. The van der Waals surface area contributed by atoms with Crippen molar-refractivity contribution in [1.82, 2.24) is 9.88 Å². The third-order valence-corrected chi connectivity index (χ3v) is 6.35. The Morgan fingerprint density at radius 1 is 1.12 bits per heavy atom. The number of ether oxygens (including phenoxy) is 4. The normalized spacial score (nSPS) is 12.1. The maximum Gasteiger partial charge on any atom is 0.254 e. The van der Waals surface area contributed by atoms with Crippen molar-refractivity contribution in [3.63, 3.8) is 0 Å². The summed E-state index contributed by atoms with van der Waals surface area (Å²) in [5, 5.41) is 2.85. The van der Waals surface area contributed by atoms with Gasteiger partial charge >= 0.3 is 0 Å². The number of rotatable bonds is 10. The van der Waals surface area contributed by atoms with E-state index in [1.165, 1.54) is 22.5 Å². The Morgan fingerprint density at radius 3 is 2.79 bits per heavy atom. The molecule has 0 N–H and O–H groups in total. The molecule has 0 saturated carbocycles. The van der Waals surface area contributed by atoms with Crippen LogP contribution in [0.3, 0.4) is 0 Å². The van der Waals surface area contributed by atoms with Crippen LogP contribution in [0.15, 0.2) is 41.8 Å². The van der Waals surface area contributed by atoms with Gasteiger partial charge in [0.1, 0.15) is 17.4 Å². The molecule has 1 amide bonds. The predicted molar refractivity (Wildman–Crippen MR) is 126 cm³/mol. The van der Waals surface area contributed by atoms with Crippen LogP contribution in [0.2, 0.25) is 0 Å². The average molecular weight is 469 g/mol. The minimum absolute atomic E-state index is 0.0784. The lowest BCUT2D eigenvalue weighted by Gasteiger charge is -2.22. The third-order valence-electron chi connectivity index (χ3n) is 5.48. The summed E-state index contributed by atoms with van der Waals surface area (Å²) in [4.78, 5) is 19.7. The second kappa shape index (κ2) is 10.7. The van der Waals surface area contributed by atoms with E-state index >= 15 is 0 Å². The summed E-state index contributed by atoms with van der Waals surface area (Å²) in [7, 11) is 1.66. The van der Waals surface area contributed by atoms with E-state index in [1.54, 1.807) is 30.2 Å². The minimum atomic E-state index is -0.0784. The van der Waals surface area contributed by atoms with Gasteiger partial charge < -0.3 is 23.8 Å². The second-order valence-corrected chi connectivity index (χ2v) is 8.85. The van der Waals surface area contributed by atoms with E-state index in [0.29, 0.717) is 43.4 Å². The smallest absolute Gasteiger partial charge is 0.254 e. The Morgan fingerprint density at radius 2 is 1.97 bits per heavy atom. The number of aryl methyl sites for hydroxylation is 2. The maximum absolute atomic E-state index is 13.3. The average Bonchev–Trinajstić information content (AvgIpc) is 3.47. The summed E-state index contributed by atoms with van der Waals surface area (Å²) < 4.78 is 21.9.